The van der Waals surface area contributed by atoms with E-state index in [-0.39, 0.29) is 5.63 Å². The van der Waals surface area contributed by atoms with Crippen LogP contribution in [-0.4, -0.2) is 6.73 Å². The van der Waals surface area contributed by atoms with E-state index >= 15 is 0 Å². The maximum absolute atomic E-state index is 12.1. The zero-order valence-electron chi connectivity index (χ0n) is 16.5. The Morgan fingerprint density at radius 2 is 2.00 bits per heavy atom. The third-order valence-electron chi connectivity index (χ3n) is 5.41. The summed E-state index contributed by atoms with van der Waals surface area (Å²) in [6.45, 7) is 7.35. The van der Waals surface area contributed by atoms with Crippen LogP contribution >= 0.6 is 11.6 Å². The van der Waals surface area contributed by atoms with Gasteiger partial charge in [-0.1, -0.05) is 31.0 Å². The van der Waals surface area contributed by atoms with Crippen LogP contribution in [0.15, 0.2) is 39.5 Å². The number of hydrogen-bond donors (Lipinski definition) is 0. The predicted octanol–water partition coefficient (Wildman–Crippen LogP) is 5.76. The van der Waals surface area contributed by atoms with Crippen LogP contribution in [0.4, 0.5) is 5.69 Å². The topological polar surface area (TPSA) is 42.7 Å². The van der Waals surface area contributed by atoms with Gasteiger partial charge in [0.25, 0.3) is 0 Å². The van der Waals surface area contributed by atoms with Gasteiger partial charge >= 0.3 is 5.63 Å². The molecule has 0 aliphatic carbocycles. The van der Waals surface area contributed by atoms with Crippen molar-refractivity contribution in [2.24, 2.45) is 0 Å². The third-order valence-corrected chi connectivity index (χ3v) is 5.65. The van der Waals surface area contributed by atoms with Crippen molar-refractivity contribution in [3.63, 3.8) is 0 Å². The molecule has 1 aromatic heterocycles. The van der Waals surface area contributed by atoms with Crippen molar-refractivity contribution in [2.45, 2.75) is 46.6 Å². The first-order chi connectivity index (χ1) is 13.5. The fourth-order valence-electron chi connectivity index (χ4n) is 3.94. The molecule has 0 saturated heterocycles. The van der Waals surface area contributed by atoms with Gasteiger partial charge in [-0.2, -0.15) is 0 Å². The Hall–Kier alpha value is -2.46. The molecule has 0 amide bonds. The molecule has 3 aromatic rings. The van der Waals surface area contributed by atoms with Crippen molar-refractivity contribution < 1.29 is 9.15 Å². The average molecular weight is 398 g/mol. The second kappa shape index (κ2) is 7.51. The summed E-state index contributed by atoms with van der Waals surface area (Å²) in [6, 6.07) is 9.66. The second-order valence-corrected chi connectivity index (χ2v) is 7.90. The van der Waals surface area contributed by atoms with Gasteiger partial charge in [-0.05, 0) is 56.0 Å². The van der Waals surface area contributed by atoms with Gasteiger partial charge in [0.2, 0.25) is 0 Å². The first-order valence-electron chi connectivity index (χ1n) is 9.71. The van der Waals surface area contributed by atoms with Crippen LogP contribution in [0.2, 0.25) is 5.02 Å². The molecule has 2 aromatic carbocycles. The van der Waals surface area contributed by atoms with E-state index in [2.05, 4.69) is 24.8 Å². The van der Waals surface area contributed by atoms with Gasteiger partial charge in [0.15, 0.2) is 6.73 Å². The van der Waals surface area contributed by atoms with Crippen LogP contribution in [0.25, 0.3) is 11.0 Å². The van der Waals surface area contributed by atoms with Crippen LogP contribution in [-0.2, 0) is 13.0 Å². The molecule has 4 rings (SSSR count). The molecule has 0 N–H and O–H groups in total. The number of benzene rings is 2. The molecule has 0 spiro atoms. The van der Waals surface area contributed by atoms with Crippen LogP contribution < -0.4 is 15.3 Å². The van der Waals surface area contributed by atoms with Crippen LogP contribution in [0.5, 0.6) is 5.75 Å². The van der Waals surface area contributed by atoms with Gasteiger partial charge in [0, 0.05) is 39.8 Å². The lowest BCUT2D eigenvalue weighted by atomic mass is 9.98. The van der Waals surface area contributed by atoms with E-state index in [1.165, 1.54) is 0 Å². The molecular weight excluding hydrogens is 374 g/mol. The standard InChI is InChI=1S/C23H24ClNO3/c1-4-5-6-16-10-21(26)28-23-15(3)22-17(9-19(16)23)12-25(13-27-22)20-11-18(24)8-7-14(20)2/h7-11H,4-6,12-13H2,1-3H3. The fourth-order valence-corrected chi connectivity index (χ4v) is 4.10. The smallest absolute Gasteiger partial charge is 0.336 e. The van der Waals surface area contributed by atoms with Gasteiger partial charge in [0.1, 0.15) is 11.3 Å². The number of halogens is 1. The summed E-state index contributed by atoms with van der Waals surface area (Å²) >= 11 is 6.21. The van der Waals surface area contributed by atoms with Crippen molar-refractivity contribution in [3.8, 4) is 5.75 Å². The zero-order valence-corrected chi connectivity index (χ0v) is 17.2. The number of anilines is 1. The molecule has 1 aliphatic heterocycles. The third kappa shape index (κ3) is 3.37. The Bertz CT molecular complexity index is 1100. The quantitative estimate of drug-likeness (QED) is 0.525. The van der Waals surface area contributed by atoms with E-state index in [1.807, 2.05) is 25.1 Å². The first-order valence-corrected chi connectivity index (χ1v) is 10.1. The molecule has 0 fully saturated rings. The SMILES string of the molecule is CCCCc1cc(=O)oc2c(C)c3c(cc12)CN(c1cc(Cl)ccc1C)CO3. The predicted molar refractivity (Wildman–Crippen MR) is 114 cm³/mol. The largest absolute Gasteiger partial charge is 0.472 e. The molecule has 0 bridgehead atoms. The Morgan fingerprint density at radius 3 is 2.79 bits per heavy atom. The number of rotatable bonds is 4. The summed E-state index contributed by atoms with van der Waals surface area (Å²) in [5.41, 5.74) is 5.62. The molecule has 5 heteroatoms. The van der Waals surface area contributed by atoms with E-state index in [9.17, 15) is 4.79 Å². The number of hydrogen-bond acceptors (Lipinski definition) is 4. The maximum Gasteiger partial charge on any atom is 0.336 e. The fraction of sp³-hybridized carbons (Fsp3) is 0.348. The lowest BCUT2D eigenvalue weighted by Gasteiger charge is -2.33. The van der Waals surface area contributed by atoms with Crippen molar-refractivity contribution in [1.29, 1.82) is 0 Å². The number of aryl methyl sites for hydroxylation is 3. The normalized spacial score (nSPS) is 13.5. The molecule has 0 atom stereocenters. The van der Waals surface area contributed by atoms with Gasteiger partial charge in [-0.25, -0.2) is 4.79 Å². The number of ether oxygens (including phenoxy) is 1. The molecule has 0 radical (unpaired) electrons. The average Bonchev–Trinajstić information content (AvgIpc) is 2.68. The number of fused-ring (bicyclic) bond motifs is 2. The van der Waals surface area contributed by atoms with Crippen LogP contribution in [0.1, 0.15) is 42.0 Å². The molecule has 0 unspecified atom stereocenters. The molecule has 1 aliphatic rings. The summed E-state index contributed by atoms with van der Waals surface area (Å²) in [6.07, 6.45) is 2.99. The highest BCUT2D eigenvalue weighted by atomic mass is 35.5. The van der Waals surface area contributed by atoms with Gasteiger partial charge in [-0.15, -0.1) is 0 Å². The van der Waals surface area contributed by atoms with Crippen molar-refractivity contribution in [1.82, 2.24) is 0 Å². The summed E-state index contributed by atoms with van der Waals surface area (Å²) in [5, 5.41) is 1.72. The molecule has 4 nitrogen and oxygen atoms in total. The van der Waals surface area contributed by atoms with Crippen LogP contribution in [0.3, 0.4) is 0 Å². The molecule has 28 heavy (non-hydrogen) atoms. The minimum Gasteiger partial charge on any atom is -0.472 e. The van der Waals surface area contributed by atoms with Crippen molar-refractivity contribution in [2.75, 3.05) is 11.6 Å². The highest BCUT2D eigenvalue weighted by Gasteiger charge is 2.24. The lowest BCUT2D eigenvalue weighted by molar-refractivity contribution is 0.287. The number of nitrogens with zero attached hydrogens (tertiary/aromatic N) is 1. The van der Waals surface area contributed by atoms with E-state index in [0.717, 1.165) is 64.9 Å². The maximum atomic E-state index is 12.1. The summed E-state index contributed by atoms with van der Waals surface area (Å²) < 4.78 is 11.7. The molecule has 2 heterocycles. The number of unbranched alkanes of at least 4 members (excludes halogenated alkanes) is 1. The Balaban J connectivity index is 1.81. The first kappa shape index (κ1) is 18.9. The Kier molecular flexibility index (Phi) is 5.07. The van der Waals surface area contributed by atoms with Gasteiger partial charge in [-0.3, -0.25) is 0 Å². The van der Waals surface area contributed by atoms with Gasteiger partial charge in [0.05, 0.1) is 0 Å². The van der Waals surface area contributed by atoms with E-state index in [1.54, 1.807) is 6.07 Å². The van der Waals surface area contributed by atoms with Gasteiger partial charge < -0.3 is 14.1 Å². The summed E-state index contributed by atoms with van der Waals surface area (Å²) in [4.78, 5) is 14.2. The van der Waals surface area contributed by atoms with Crippen molar-refractivity contribution >= 4 is 28.3 Å². The second-order valence-electron chi connectivity index (χ2n) is 7.46. The Labute approximate surface area is 169 Å². The zero-order chi connectivity index (χ0) is 19.8. The summed E-state index contributed by atoms with van der Waals surface area (Å²) in [7, 11) is 0. The minimum atomic E-state index is -0.298. The lowest BCUT2D eigenvalue weighted by Crippen LogP contribution is -2.32. The molecule has 0 saturated carbocycles. The molecular formula is C23H24ClNO3. The minimum absolute atomic E-state index is 0.298. The van der Waals surface area contributed by atoms with Crippen molar-refractivity contribution in [3.05, 3.63) is 68.0 Å². The molecule has 146 valence electrons. The summed E-state index contributed by atoms with van der Waals surface area (Å²) in [5.74, 6) is 0.819. The van der Waals surface area contributed by atoms with Crippen LogP contribution in [0, 0.1) is 13.8 Å². The van der Waals surface area contributed by atoms with E-state index in [4.69, 9.17) is 20.8 Å². The van der Waals surface area contributed by atoms with E-state index < -0.39 is 0 Å². The highest BCUT2D eigenvalue weighted by molar-refractivity contribution is 6.30. The highest BCUT2D eigenvalue weighted by Crippen LogP contribution is 2.38. The Morgan fingerprint density at radius 1 is 1.18 bits per heavy atom. The monoisotopic (exact) mass is 397 g/mol. The van der Waals surface area contributed by atoms with E-state index in [0.29, 0.717) is 17.3 Å².